The van der Waals surface area contributed by atoms with Gasteiger partial charge in [0.1, 0.15) is 0 Å². The maximum atomic E-state index is 12.3. The van der Waals surface area contributed by atoms with Gasteiger partial charge >= 0.3 is 0 Å². The number of amides is 1. The molecule has 1 aromatic heterocycles. The number of carbonyl (C=O) groups excluding carboxylic acids is 1. The van der Waals surface area contributed by atoms with Crippen molar-refractivity contribution in [1.82, 2.24) is 15.0 Å². The highest BCUT2D eigenvalue weighted by molar-refractivity contribution is 6.31. The number of benzene rings is 2. The molecule has 1 fully saturated rings. The predicted molar refractivity (Wildman–Crippen MR) is 94.0 cm³/mol. The summed E-state index contributed by atoms with van der Waals surface area (Å²) in [5, 5.41) is 4.71. The van der Waals surface area contributed by atoms with Crippen LogP contribution in [0.2, 0.25) is 5.02 Å². The molecule has 3 aromatic rings. The van der Waals surface area contributed by atoms with E-state index in [1.807, 2.05) is 54.6 Å². The SMILES string of the molecule is O=C1CC(c2nc(-c3ccccc3)no2)CN1Cc1ccccc1Cl. The van der Waals surface area contributed by atoms with Gasteiger partial charge in [0.15, 0.2) is 0 Å². The molecular formula is C19H16ClN3O2. The molecule has 0 saturated carbocycles. The Balaban J connectivity index is 1.49. The topological polar surface area (TPSA) is 59.2 Å². The molecule has 1 aliphatic rings. The van der Waals surface area contributed by atoms with Crippen molar-refractivity contribution in [3.05, 3.63) is 71.1 Å². The Hall–Kier alpha value is -2.66. The van der Waals surface area contributed by atoms with Gasteiger partial charge in [-0.1, -0.05) is 65.3 Å². The Kier molecular flexibility index (Phi) is 4.24. The molecule has 4 rings (SSSR count). The van der Waals surface area contributed by atoms with Gasteiger partial charge in [0, 0.05) is 30.1 Å². The number of hydrogen-bond donors (Lipinski definition) is 0. The molecule has 5 nitrogen and oxygen atoms in total. The van der Waals surface area contributed by atoms with Gasteiger partial charge in [0.2, 0.25) is 17.6 Å². The van der Waals surface area contributed by atoms with Crippen LogP contribution >= 0.6 is 11.6 Å². The molecule has 1 amide bonds. The lowest BCUT2D eigenvalue weighted by atomic mass is 10.1. The van der Waals surface area contributed by atoms with E-state index in [9.17, 15) is 4.79 Å². The lowest BCUT2D eigenvalue weighted by molar-refractivity contribution is -0.128. The fraction of sp³-hybridized carbons (Fsp3) is 0.211. The van der Waals surface area contributed by atoms with E-state index in [1.54, 1.807) is 4.90 Å². The van der Waals surface area contributed by atoms with Crippen molar-refractivity contribution < 1.29 is 9.32 Å². The molecule has 2 heterocycles. The Bertz CT molecular complexity index is 894. The fourth-order valence-electron chi connectivity index (χ4n) is 3.03. The molecule has 0 N–H and O–H groups in total. The zero-order valence-electron chi connectivity index (χ0n) is 13.4. The highest BCUT2D eigenvalue weighted by atomic mass is 35.5. The Labute approximate surface area is 150 Å². The first-order valence-electron chi connectivity index (χ1n) is 8.11. The van der Waals surface area contributed by atoms with Crippen LogP contribution in [0.15, 0.2) is 59.1 Å². The number of likely N-dealkylation sites (tertiary alicyclic amines) is 1. The fourth-order valence-corrected chi connectivity index (χ4v) is 3.22. The molecule has 0 bridgehead atoms. The largest absolute Gasteiger partial charge is 0.339 e. The maximum absolute atomic E-state index is 12.3. The van der Waals surface area contributed by atoms with Crippen molar-refractivity contribution in [2.24, 2.45) is 0 Å². The minimum Gasteiger partial charge on any atom is -0.339 e. The number of aromatic nitrogens is 2. The summed E-state index contributed by atoms with van der Waals surface area (Å²) in [5.41, 5.74) is 1.84. The Morgan fingerprint density at radius 3 is 2.68 bits per heavy atom. The molecule has 1 unspecified atom stereocenters. The van der Waals surface area contributed by atoms with Crippen molar-refractivity contribution in [2.45, 2.75) is 18.9 Å². The number of hydrogen-bond acceptors (Lipinski definition) is 4. The highest BCUT2D eigenvalue weighted by Crippen LogP contribution is 2.30. The number of nitrogens with zero attached hydrogens (tertiary/aromatic N) is 3. The van der Waals surface area contributed by atoms with Gasteiger partial charge in [-0.3, -0.25) is 4.79 Å². The zero-order chi connectivity index (χ0) is 17.2. The first kappa shape index (κ1) is 15.8. The van der Waals surface area contributed by atoms with Crippen LogP contribution in [-0.2, 0) is 11.3 Å². The van der Waals surface area contributed by atoms with Crippen LogP contribution in [0, 0.1) is 0 Å². The van der Waals surface area contributed by atoms with Crippen molar-refractivity contribution in [1.29, 1.82) is 0 Å². The molecule has 1 saturated heterocycles. The quantitative estimate of drug-likeness (QED) is 0.713. The Morgan fingerprint density at radius 1 is 1.12 bits per heavy atom. The minimum atomic E-state index is -0.0834. The van der Waals surface area contributed by atoms with Crippen LogP contribution in [0.5, 0.6) is 0 Å². The van der Waals surface area contributed by atoms with E-state index in [0.717, 1.165) is 11.1 Å². The van der Waals surface area contributed by atoms with Gasteiger partial charge < -0.3 is 9.42 Å². The summed E-state index contributed by atoms with van der Waals surface area (Å²) in [6, 6.07) is 17.2. The molecule has 25 heavy (non-hydrogen) atoms. The third-order valence-electron chi connectivity index (χ3n) is 4.36. The summed E-state index contributed by atoms with van der Waals surface area (Å²) in [6.45, 7) is 1.05. The summed E-state index contributed by atoms with van der Waals surface area (Å²) >= 11 is 6.20. The highest BCUT2D eigenvalue weighted by Gasteiger charge is 2.34. The smallest absolute Gasteiger partial charge is 0.232 e. The third-order valence-corrected chi connectivity index (χ3v) is 4.73. The standard InChI is InChI=1S/C19H16ClN3O2/c20-16-9-5-4-8-14(16)11-23-12-15(10-17(23)24)19-21-18(22-25-19)13-6-2-1-3-7-13/h1-9,15H,10-12H2. The first-order valence-corrected chi connectivity index (χ1v) is 8.48. The number of rotatable bonds is 4. The summed E-state index contributed by atoms with van der Waals surface area (Å²) in [7, 11) is 0. The minimum absolute atomic E-state index is 0.0735. The van der Waals surface area contributed by atoms with Gasteiger partial charge in [-0.15, -0.1) is 0 Å². The van der Waals surface area contributed by atoms with E-state index in [1.165, 1.54) is 0 Å². The summed E-state index contributed by atoms with van der Waals surface area (Å²) in [4.78, 5) is 18.6. The molecule has 126 valence electrons. The number of halogens is 1. The van der Waals surface area contributed by atoms with Crippen LogP contribution in [0.1, 0.15) is 23.8 Å². The van der Waals surface area contributed by atoms with Crippen LogP contribution in [0.4, 0.5) is 0 Å². The molecule has 1 aliphatic heterocycles. The second-order valence-electron chi connectivity index (χ2n) is 6.09. The van der Waals surface area contributed by atoms with E-state index >= 15 is 0 Å². The van der Waals surface area contributed by atoms with Gasteiger partial charge in [-0.05, 0) is 11.6 Å². The maximum Gasteiger partial charge on any atom is 0.232 e. The summed E-state index contributed by atoms with van der Waals surface area (Å²) in [6.07, 6.45) is 0.376. The molecule has 0 spiro atoms. The average molecular weight is 354 g/mol. The molecule has 6 heteroatoms. The van der Waals surface area contributed by atoms with Gasteiger partial charge in [-0.25, -0.2) is 0 Å². The second kappa shape index (κ2) is 6.69. The first-order chi connectivity index (χ1) is 12.2. The van der Waals surface area contributed by atoms with Crippen LogP contribution in [0.3, 0.4) is 0 Å². The van der Waals surface area contributed by atoms with Crippen molar-refractivity contribution in [2.75, 3.05) is 6.54 Å². The van der Waals surface area contributed by atoms with E-state index in [4.69, 9.17) is 16.1 Å². The van der Waals surface area contributed by atoms with E-state index in [0.29, 0.717) is 36.2 Å². The average Bonchev–Trinajstić information content (AvgIpc) is 3.25. The van der Waals surface area contributed by atoms with Crippen molar-refractivity contribution in [3.63, 3.8) is 0 Å². The van der Waals surface area contributed by atoms with E-state index in [2.05, 4.69) is 10.1 Å². The normalized spacial score (nSPS) is 17.2. The van der Waals surface area contributed by atoms with Crippen LogP contribution < -0.4 is 0 Å². The van der Waals surface area contributed by atoms with Gasteiger partial charge in [0.25, 0.3) is 0 Å². The second-order valence-corrected chi connectivity index (χ2v) is 6.50. The van der Waals surface area contributed by atoms with Crippen molar-refractivity contribution >= 4 is 17.5 Å². The lowest BCUT2D eigenvalue weighted by Crippen LogP contribution is -2.24. The van der Waals surface area contributed by atoms with E-state index in [-0.39, 0.29) is 11.8 Å². The molecule has 0 aliphatic carbocycles. The van der Waals surface area contributed by atoms with Crippen LogP contribution in [-0.4, -0.2) is 27.5 Å². The summed E-state index contributed by atoms with van der Waals surface area (Å²) in [5.74, 6) is 1.05. The molecule has 2 aromatic carbocycles. The molecule has 1 atom stereocenters. The molecule has 0 radical (unpaired) electrons. The third kappa shape index (κ3) is 3.28. The van der Waals surface area contributed by atoms with Crippen LogP contribution in [0.25, 0.3) is 11.4 Å². The monoisotopic (exact) mass is 353 g/mol. The zero-order valence-corrected chi connectivity index (χ0v) is 14.2. The predicted octanol–water partition coefficient (Wildman–Crippen LogP) is 3.91. The van der Waals surface area contributed by atoms with Gasteiger partial charge in [-0.2, -0.15) is 4.98 Å². The Morgan fingerprint density at radius 2 is 1.88 bits per heavy atom. The van der Waals surface area contributed by atoms with Gasteiger partial charge in [0.05, 0.1) is 5.92 Å². The molecular weight excluding hydrogens is 338 g/mol. The van der Waals surface area contributed by atoms with Crippen molar-refractivity contribution in [3.8, 4) is 11.4 Å². The lowest BCUT2D eigenvalue weighted by Gasteiger charge is -2.16. The van der Waals surface area contributed by atoms with E-state index < -0.39 is 0 Å². The summed E-state index contributed by atoms with van der Waals surface area (Å²) < 4.78 is 5.41. The number of carbonyl (C=O) groups is 1.